The third-order valence-corrected chi connectivity index (χ3v) is 3.91. The minimum atomic E-state index is -1.07. The zero-order valence-electron chi connectivity index (χ0n) is 9.55. The first kappa shape index (κ1) is 13.2. The van der Waals surface area contributed by atoms with Gasteiger partial charge in [-0.15, -0.1) is 11.3 Å². The Morgan fingerprint density at radius 3 is 2.89 bits per heavy atom. The van der Waals surface area contributed by atoms with Crippen molar-refractivity contribution in [2.24, 2.45) is 5.73 Å². The van der Waals surface area contributed by atoms with Crippen LogP contribution in [0.15, 0.2) is 28.1 Å². The normalized spacial score (nSPS) is 12.4. The smallest absolute Gasteiger partial charge is 0.326 e. The monoisotopic (exact) mass is 326 g/mol. The molecule has 0 saturated carbocycles. The Labute approximate surface area is 117 Å². The van der Waals surface area contributed by atoms with E-state index in [1.807, 2.05) is 25.1 Å². The number of aromatic nitrogens is 1. The third kappa shape index (κ3) is 2.60. The van der Waals surface area contributed by atoms with Crippen molar-refractivity contribution in [3.05, 3.63) is 39.3 Å². The van der Waals surface area contributed by atoms with Crippen molar-refractivity contribution in [1.82, 2.24) is 4.98 Å². The molecular formula is C12H11BrN2O2S. The summed E-state index contributed by atoms with van der Waals surface area (Å²) in [5.74, 6) is -1.07. The largest absolute Gasteiger partial charge is 0.480 e. The van der Waals surface area contributed by atoms with Gasteiger partial charge in [0.2, 0.25) is 0 Å². The Kier molecular flexibility index (Phi) is 3.79. The van der Waals surface area contributed by atoms with Gasteiger partial charge in [-0.1, -0.05) is 22.0 Å². The lowest BCUT2D eigenvalue weighted by atomic mass is 10.1. The van der Waals surface area contributed by atoms with Crippen LogP contribution in [0.2, 0.25) is 0 Å². The second-order valence-electron chi connectivity index (χ2n) is 3.85. The number of aliphatic carboxylic acids is 1. The molecule has 18 heavy (non-hydrogen) atoms. The first-order chi connectivity index (χ1) is 8.49. The highest BCUT2D eigenvalue weighted by Crippen LogP contribution is 2.30. The molecule has 0 fully saturated rings. The summed E-state index contributed by atoms with van der Waals surface area (Å²) in [7, 11) is 0. The number of aryl methyl sites for hydroxylation is 1. The van der Waals surface area contributed by atoms with Gasteiger partial charge in [0.05, 0.1) is 5.69 Å². The van der Waals surface area contributed by atoms with E-state index in [1.165, 1.54) is 11.3 Å². The minimum Gasteiger partial charge on any atom is -0.480 e. The summed E-state index contributed by atoms with van der Waals surface area (Å²) < 4.78 is 1.00. The van der Waals surface area contributed by atoms with E-state index < -0.39 is 12.0 Å². The first-order valence-corrected chi connectivity index (χ1v) is 6.86. The Hall–Kier alpha value is -1.24. The van der Waals surface area contributed by atoms with E-state index in [2.05, 4.69) is 20.9 Å². The van der Waals surface area contributed by atoms with Gasteiger partial charge in [-0.3, -0.25) is 4.79 Å². The maximum atomic E-state index is 10.8. The van der Waals surface area contributed by atoms with Crippen LogP contribution in [0.4, 0.5) is 0 Å². The molecule has 2 aromatic rings. The molecule has 94 valence electrons. The van der Waals surface area contributed by atoms with Gasteiger partial charge >= 0.3 is 5.97 Å². The van der Waals surface area contributed by atoms with Crippen LogP contribution in [0.3, 0.4) is 0 Å². The van der Waals surface area contributed by atoms with Crippen LogP contribution in [0.5, 0.6) is 0 Å². The van der Waals surface area contributed by atoms with Crippen molar-refractivity contribution < 1.29 is 9.90 Å². The van der Waals surface area contributed by atoms with Gasteiger partial charge in [-0.25, -0.2) is 4.98 Å². The maximum Gasteiger partial charge on any atom is 0.326 e. The summed E-state index contributed by atoms with van der Waals surface area (Å²) in [5, 5.41) is 11.3. The van der Waals surface area contributed by atoms with E-state index in [1.54, 1.807) is 5.38 Å². The van der Waals surface area contributed by atoms with E-state index in [9.17, 15) is 4.79 Å². The number of hydrogen-bond acceptors (Lipinski definition) is 4. The highest BCUT2D eigenvalue weighted by molar-refractivity contribution is 9.10. The number of carbonyl (C=O) groups is 1. The molecule has 1 atom stereocenters. The zero-order chi connectivity index (χ0) is 13.3. The number of nitrogens with zero attached hydrogens (tertiary/aromatic N) is 1. The molecule has 0 amide bonds. The molecule has 0 bridgehead atoms. The molecule has 6 heteroatoms. The first-order valence-electron chi connectivity index (χ1n) is 5.19. The van der Waals surface area contributed by atoms with E-state index in [-0.39, 0.29) is 0 Å². The van der Waals surface area contributed by atoms with Crippen LogP contribution in [0, 0.1) is 6.92 Å². The standard InChI is InChI=1S/C12H11BrN2O2S/c1-6-4-7(13)2-3-8(6)11-15-9(5-18-11)10(14)12(16)17/h2-5,10H,14H2,1H3,(H,16,17). The number of benzene rings is 1. The van der Waals surface area contributed by atoms with Crippen LogP contribution in [0.1, 0.15) is 17.3 Å². The van der Waals surface area contributed by atoms with Crippen molar-refractivity contribution in [3.63, 3.8) is 0 Å². The Bertz CT molecular complexity index is 598. The van der Waals surface area contributed by atoms with Gasteiger partial charge in [-0.05, 0) is 24.6 Å². The average Bonchev–Trinajstić information content (AvgIpc) is 2.77. The fraction of sp³-hybridized carbons (Fsp3) is 0.167. The maximum absolute atomic E-state index is 10.8. The third-order valence-electron chi connectivity index (χ3n) is 2.53. The minimum absolute atomic E-state index is 0.393. The van der Waals surface area contributed by atoms with Crippen LogP contribution in [-0.2, 0) is 4.79 Å². The van der Waals surface area contributed by atoms with E-state index in [0.29, 0.717) is 5.69 Å². The SMILES string of the molecule is Cc1cc(Br)ccc1-c1nc(C(N)C(=O)O)cs1. The quantitative estimate of drug-likeness (QED) is 0.909. The van der Waals surface area contributed by atoms with Gasteiger partial charge in [0.25, 0.3) is 0 Å². The van der Waals surface area contributed by atoms with E-state index in [0.717, 1.165) is 20.6 Å². The number of rotatable bonds is 3. The Morgan fingerprint density at radius 2 is 2.28 bits per heavy atom. The number of carboxylic acid groups (broad SMARTS) is 1. The lowest BCUT2D eigenvalue weighted by Crippen LogP contribution is -2.20. The second-order valence-corrected chi connectivity index (χ2v) is 5.63. The van der Waals surface area contributed by atoms with Crippen molar-refractivity contribution >= 4 is 33.2 Å². The summed E-state index contributed by atoms with van der Waals surface area (Å²) in [6.07, 6.45) is 0. The Morgan fingerprint density at radius 1 is 1.56 bits per heavy atom. The van der Waals surface area contributed by atoms with Crippen molar-refractivity contribution in [1.29, 1.82) is 0 Å². The Balaban J connectivity index is 2.38. The van der Waals surface area contributed by atoms with Crippen molar-refractivity contribution in [2.75, 3.05) is 0 Å². The molecule has 0 aliphatic carbocycles. The van der Waals surface area contributed by atoms with Crippen molar-refractivity contribution in [3.8, 4) is 10.6 Å². The number of carboxylic acids is 1. The van der Waals surface area contributed by atoms with Crippen LogP contribution < -0.4 is 5.73 Å². The fourth-order valence-corrected chi connectivity index (χ4v) is 2.97. The highest BCUT2D eigenvalue weighted by Gasteiger charge is 2.18. The molecular weight excluding hydrogens is 316 g/mol. The lowest BCUT2D eigenvalue weighted by molar-refractivity contribution is -0.138. The van der Waals surface area contributed by atoms with Gasteiger partial charge in [0.15, 0.2) is 0 Å². The zero-order valence-corrected chi connectivity index (χ0v) is 12.0. The molecule has 1 unspecified atom stereocenters. The summed E-state index contributed by atoms with van der Waals surface area (Å²) >= 11 is 4.80. The topological polar surface area (TPSA) is 76.2 Å². The number of halogens is 1. The van der Waals surface area contributed by atoms with Crippen LogP contribution in [-0.4, -0.2) is 16.1 Å². The summed E-state index contributed by atoms with van der Waals surface area (Å²) in [4.78, 5) is 15.1. The average molecular weight is 327 g/mol. The van der Waals surface area contributed by atoms with Gasteiger partial charge in [-0.2, -0.15) is 0 Å². The highest BCUT2D eigenvalue weighted by atomic mass is 79.9. The molecule has 4 nitrogen and oxygen atoms in total. The molecule has 3 N–H and O–H groups in total. The van der Waals surface area contributed by atoms with E-state index >= 15 is 0 Å². The van der Waals surface area contributed by atoms with Gasteiger partial charge < -0.3 is 10.8 Å². The number of hydrogen-bond donors (Lipinski definition) is 2. The molecule has 2 rings (SSSR count). The number of thiazole rings is 1. The molecule has 0 aliphatic heterocycles. The molecule has 1 aromatic heterocycles. The number of nitrogens with two attached hydrogens (primary N) is 1. The van der Waals surface area contributed by atoms with Gasteiger partial charge in [0.1, 0.15) is 11.0 Å². The lowest BCUT2D eigenvalue weighted by Gasteiger charge is -2.03. The molecule has 0 radical (unpaired) electrons. The fourth-order valence-electron chi connectivity index (χ4n) is 1.55. The van der Waals surface area contributed by atoms with E-state index in [4.69, 9.17) is 10.8 Å². The molecule has 0 saturated heterocycles. The molecule has 0 aliphatic rings. The summed E-state index contributed by atoms with van der Waals surface area (Å²) in [6, 6.07) is 4.81. The predicted octanol–water partition coefficient (Wildman–Crippen LogP) is 2.97. The van der Waals surface area contributed by atoms with Gasteiger partial charge in [0, 0.05) is 15.4 Å². The molecule has 1 aromatic carbocycles. The van der Waals surface area contributed by atoms with Crippen molar-refractivity contribution in [2.45, 2.75) is 13.0 Å². The predicted molar refractivity (Wildman–Crippen MR) is 74.6 cm³/mol. The summed E-state index contributed by atoms with van der Waals surface area (Å²) in [5.41, 5.74) is 7.99. The molecule has 1 heterocycles. The second kappa shape index (κ2) is 5.17. The van der Waals surface area contributed by atoms with Crippen LogP contribution >= 0.6 is 27.3 Å². The summed E-state index contributed by atoms with van der Waals surface area (Å²) in [6.45, 7) is 1.98. The van der Waals surface area contributed by atoms with Crippen LogP contribution in [0.25, 0.3) is 10.6 Å². The molecule has 0 spiro atoms.